The lowest BCUT2D eigenvalue weighted by molar-refractivity contribution is 0.198. The molecule has 0 aliphatic rings. The molecule has 92 valence electrons. The van der Waals surface area contributed by atoms with Crippen molar-refractivity contribution in [1.29, 1.82) is 0 Å². The van der Waals surface area contributed by atoms with Gasteiger partial charge >= 0.3 is 0 Å². The number of hydrogen-bond acceptors (Lipinski definition) is 3. The Hall–Kier alpha value is -0.120. The van der Waals surface area contributed by atoms with Gasteiger partial charge in [0.25, 0.3) is 0 Å². The maximum Gasteiger partial charge on any atom is 0.0587 e. The van der Waals surface area contributed by atoms with Crippen molar-refractivity contribution in [3.63, 3.8) is 0 Å². The number of methoxy groups -OCH3 is 1. The van der Waals surface area contributed by atoms with E-state index in [1.807, 2.05) is 0 Å². The van der Waals surface area contributed by atoms with Crippen molar-refractivity contribution in [3.05, 3.63) is 0 Å². The highest BCUT2D eigenvalue weighted by Gasteiger charge is 1.99. The van der Waals surface area contributed by atoms with Gasteiger partial charge in [-0.1, -0.05) is 26.2 Å². The number of ether oxygens (including phenoxy) is 1. The van der Waals surface area contributed by atoms with Crippen molar-refractivity contribution in [3.8, 4) is 0 Å². The molecule has 0 bridgehead atoms. The molecular weight excluding hydrogens is 188 g/mol. The van der Waals surface area contributed by atoms with E-state index in [2.05, 4.69) is 24.5 Å². The third kappa shape index (κ3) is 11.8. The zero-order chi connectivity index (χ0) is 11.4. The van der Waals surface area contributed by atoms with Crippen LogP contribution in [0.5, 0.6) is 0 Å². The summed E-state index contributed by atoms with van der Waals surface area (Å²) in [5.41, 5.74) is 0. The topological polar surface area (TPSA) is 33.3 Å². The first-order valence-electron chi connectivity index (χ1n) is 6.24. The Morgan fingerprint density at radius 1 is 1.13 bits per heavy atom. The molecule has 1 unspecified atom stereocenters. The van der Waals surface area contributed by atoms with E-state index < -0.39 is 0 Å². The van der Waals surface area contributed by atoms with E-state index in [-0.39, 0.29) is 0 Å². The Morgan fingerprint density at radius 3 is 2.60 bits per heavy atom. The van der Waals surface area contributed by atoms with Crippen LogP contribution in [0.4, 0.5) is 0 Å². The maximum atomic E-state index is 4.97. The molecule has 3 heteroatoms. The fraction of sp³-hybridized carbons (Fsp3) is 1.00. The van der Waals surface area contributed by atoms with Gasteiger partial charge in [-0.3, -0.25) is 0 Å². The van der Waals surface area contributed by atoms with E-state index in [9.17, 15) is 0 Å². The molecule has 1 atom stereocenters. The lowest BCUT2D eigenvalue weighted by Crippen LogP contribution is -2.37. The Morgan fingerprint density at radius 2 is 1.93 bits per heavy atom. The molecule has 0 saturated carbocycles. The van der Waals surface area contributed by atoms with Crippen molar-refractivity contribution in [1.82, 2.24) is 10.6 Å². The van der Waals surface area contributed by atoms with Crippen molar-refractivity contribution in [2.45, 2.75) is 45.6 Å². The minimum atomic E-state index is 0.559. The smallest absolute Gasteiger partial charge is 0.0587 e. The lowest BCUT2D eigenvalue weighted by atomic mass is 10.2. The van der Waals surface area contributed by atoms with Gasteiger partial charge in [-0.25, -0.2) is 0 Å². The maximum absolute atomic E-state index is 4.97. The first-order valence-corrected chi connectivity index (χ1v) is 6.24. The Balaban J connectivity index is 3.08. The van der Waals surface area contributed by atoms with Crippen LogP contribution in [-0.2, 0) is 4.74 Å². The summed E-state index contributed by atoms with van der Waals surface area (Å²) in [7, 11) is 1.73. The molecule has 0 amide bonds. The number of nitrogens with one attached hydrogen (secondary N) is 2. The summed E-state index contributed by atoms with van der Waals surface area (Å²) < 4.78 is 4.97. The monoisotopic (exact) mass is 216 g/mol. The van der Waals surface area contributed by atoms with E-state index in [0.717, 1.165) is 26.2 Å². The second-order valence-electron chi connectivity index (χ2n) is 4.11. The van der Waals surface area contributed by atoms with Crippen LogP contribution in [0.15, 0.2) is 0 Å². The predicted octanol–water partition coefficient (Wildman–Crippen LogP) is 1.78. The van der Waals surface area contributed by atoms with Gasteiger partial charge in [-0.05, 0) is 19.9 Å². The minimum absolute atomic E-state index is 0.559. The first-order chi connectivity index (χ1) is 7.31. The largest absolute Gasteiger partial charge is 0.383 e. The molecule has 0 rings (SSSR count). The van der Waals surface area contributed by atoms with Crippen molar-refractivity contribution >= 4 is 0 Å². The van der Waals surface area contributed by atoms with Crippen LogP contribution in [-0.4, -0.2) is 39.4 Å². The molecule has 0 radical (unpaired) electrons. The van der Waals surface area contributed by atoms with Crippen molar-refractivity contribution in [2.24, 2.45) is 0 Å². The summed E-state index contributed by atoms with van der Waals surface area (Å²) in [6.07, 6.45) is 5.33. The SMILES string of the molecule is CCCCCCNC(C)CNCCOC. The Bertz CT molecular complexity index is 120. The molecule has 0 aromatic carbocycles. The first kappa shape index (κ1) is 14.9. The van der Waals surface area contributed by atoms with Gasteiger partial charge in [0.05, 0.1) is 6.61 Å². The summed E-state index contributed by atoms with van der Waals surface area (Å²) in [6, 6.07) is 0.559. The highest BCUT2D eigenvalue weighted by molar-refractivity contribution is 4.63. The Kier molecular flexibility index (Phi) is 11.9. The van der Waals surface area contributed by atoms with E-state index in [1.54, 1.807) is 7.11 Å². The number of hydrogen-bond donors (Lipinski definition) is 2. The average Bonchev–Trinajstić information content (AvgIpc) is 2.24. The molecule has 0 saturated heterocycles. The molecule has 0 spiro atoms. The minimum Gasteiger partial charge on any atom is -0.383 e. The number of unbranched alkanes of at least 4 members (excludes halogenated alkanes) is 3. The quantitative estimate of drug-likeness (QED) is 0.517. The summed E-state index contributed by atoms with van der Waals surface area (Å²) in [5.74, 6) is 0. The highest BCUT2D eigenvalue weighted by Crippen LogP contribution is 1.97. The van der Waals surface area contributed by atoms with Crippen molar-refractivity contribution in [2.75, 3.05) is 33.4 Å². The van der Waals surface area contributed by atoms with Crippen LogP contribution in [0.3, 0.4) is 0 Å². The van der Waals surface area contributed by atoms with Crippen molar-refractivity contribution < 1.29 is 4.74 Å². The summed E-state index contributed by atoms with van der Waals surface area (Å²) >= 11 is 0. The standard InChI is InChI=1S/C12H28N2O/c1-4-5-6-7-8-14-12(2)11-13-9-10-15-3/h12-14H,4-11H2,1-3H3. The second-order valence-corrected chi connectivity index (χ2v) is 4.11. The van der Waals surface area contributed by atoms with Gasteiger partial charge in [0, 0.05) is 26.2 Å². The molecule has 0 fully saturated rings. The van der Waals surface area contributed by atoms with Crippen LogP contribution < -0.4 is 10.6 Å². The average molecular weight is 216 g/mol. The Labute approximate surface area is 95.0 Å². The summed E-state index contributed by atoms with van der Waals surface area (Å²) in [4.78, 5) is 0. The van der Waals surface area contributed by atoms with Crippen LogP contribution in [0.2, 0.25) is 0 Å². The third-order valence-electron chi connectivity index (χ3n) is 2.46. The molecule has 3 nitrogen and oxygen atoms in total. The molecule has 15 heavy (non-hydrogen) atoms. The highest BCUT2D eigenvalue weighted by atomic mass is 16.5. The zero-order valence-electron chi connectivity index (χ0n) is 10.6. The fourth-order valence-corrected chi connectivity index (χ4v) is 1.47. The summed E-state index contributed by atoms with van der Waals surface area (Å²) in [5, 5.41) is 6.87. The van der Waals surface area contributed by atoms with Gasteiger partial charge < -0.3 is 15.4 Å². The molecule has 0 aliphatic carbocycles. The normalized spacial score (nSPS) is 13.0. The van der Waals surface area contributed by atoms with E-state index in [4.69, 9.17) is 4.74 Å². The van der Waals surface area contributed by atoms with Gasteiger partial charge in [-0.2, -0.15) is 0 Å². The van der Waals surface area contributed by atoms with Crippen LogP contribution in [0.25, 0.3) is 0 Å². The summed E-state index contributed by atoms with van der Waals surface area (Å²) in [6.45, 7) is 8.38. The number of rotatable bonds is 11. The molecule has 0 heterocycles. The van der Waals surface area contributed by atoms with Gasteiger partial charge in [0.15, 0.2) is 0 Å². The second kappa shape index (κ2) is 12.0. The molecule has 0 aliphatic heterocycles. The van der Waals surface area contributed by atoms with Crippen LogP contribution in [0.1, 0.15) is 39.5 Å². The zero-order valence-corrected chi connectivity index (χ0v) is 10.6. The molecule has 2 N–H and O–H groups in total. The van der Waals surface area contributed by atoms with Crippen LogP contribution >= 0.6 is 0 Å². The van der Waals surface area contributed by atoms with E-state index >= 15 is 0 Å². The van der Waals surface area contributed by atoms with Gasteiger partial charge in [0.2, 0.25) is 0 Å². The lowest BCUT2D eigenvalue weighted by Gasteiger charge is -2.14. The van der Waals surface area contributed by atoms with E-state index in [1.165, 1.54) is 25.7 Å². The van der Waals surface area contributed by atoms with Gasteiger partial charge in [-0.15, -0.1) is 0 Å². The van der Waals surface area contributed by atoms with Crippen LogP contribution in [0, 0.1) is 0 Å². The third-order valence-corrected chi connectivity index (χ3v) is 2.46. The van der Waals surface area contributed by atoms with E-state index in [0.29, 0.717) is 6.04 Å². The molecule has 0 aromatic heterocycles. The predicted molar refractivity (Wildman–Crippen MR) is 66.4 cm³/mol. The molecule has 0 aromatic rings. The molecular formula is C12H28N2O. The van der Waals surface area contributed by atoms with Gasteiger partial charge in [0.1, 0.15) is 0 Å². The fourth-order valence-electron chi connectivity index (χ4n) is 1.47.